The Labute approximate surface area is 134 Å². The van der Waals surface area contributed by atoms with Gasteiger partial charge < -0.3 is 15.0 Å². The Morgan fingerprint density at radius 3 is 2.57 bits per heavy atom. The lowest BCUT2D eigenvalue weighted by Gasteiger charge is -2.07. The van der Waals surface area contributed by atoms with Crippen LogP contribution in [0.5, 0.6) is 0 Å². The van der Waals surface area contributed by atoms with E-state index in [-0.39, 0.29) is 0 Å². The van der Waals surface area contributed by atoms with Crippen LogP contribution in [-0.2, 0) is 11.8 Å². The van der Waals surface area contributed by atoms with Gasteiger partial charge in [-0.05, 0) is 36.8 Å². The lowest BCUT2D eigenvalue weighted by Crippen LogP contribution is -1.99. The highest BCUT2D eigenvalue weighted by Crippen LogP contribution is 2.29. The van der Waals surface area contributed by atoms with E-state index in [2.05, 4.69) is 28.1 Å². The molecule has 4 heteroatoms. The van der Waals surface area contributed by atoms with E-state index < -0.39 is 5.97 Å². The number of aromatic nitrogens is 1. The number of hydrogen-bond donors (Lipinski definition) is 2. The Kier molecular flexibility index (Phi) is 3.89. The summed E-state index contributed by atoms with van der Waals surface area (Å²) in [7, 11) is 2.05. The number of carboxylic acid groups (broad SMARTS) is 1. The molecule has 0 spiro atoms. The van der Waals surface area contributed by atoms with Gasteiger partial charge in [-0.3, -0.25) is 0 Å². The van der Waals surface area contributed by atoms with Crippen LogP contribution in [0.25, 0.3) is 22.2 Å². The van der Waals surface area contributed by atoms with Crippen molar-refractivity contribution in [2.75, 3.05) is 5.32 Å². The molecule has 2 aromatic carbocycles. The van der Waals surface area contributed by atoms with Crippen molar-refractivity contribution < 1.29 is 9.90 Å². The molecule has 3 rings (SSSR count). The van der Waals surface area contributed by atoms with Crippen LogP contribution < -0.4 is 5.32 Å². The molecule has 116 valence electrons. The van der Waals surface area contributed by atoms with Gasteiger partial charge in [-0.2, -0.15) is 0 Å². The molecule has 2 N–H and O–H groups in total. The molecule has 0 radical (unpaired) electrons. The first kappa shape index (κ1) is 14.9. The summed E-state index contributed by atoms with van der Waals surface area (Å²) in [5, 5.41) is 13.0. The van der Waals surface area contributed by atoms with E-state index >= 15 is 0 Å². The third kappa shape index (κ3) is 3.11. The smallest absolute Gasteiger partial charge is 0.330 e. The molecule has 4 nitrogen and oxygen atoms in total. The molecule has 0 saturated carbocycles. The van der Waals surface area contributed by atoms with Crippen LogP contribution in [0.4, 0.5) is 5.69 Å². The summed E-state index contributed by atoms with van der Waals surface area (Å²) < 4.78 is 2.16. The summed E-state index contributed by atoms with van der Waals surface area (Å²) in [4.78, 5) is 10.7. The van der Waals surface area contributed by atoms with E-state index in [4.69, 9.17) is 5.11 Å². The Morgan fingerprint density at radius 2 is 1.87 bits per heavy atom. The summed E-state index contributed by atoms with van der Waals surface area (Å²) in [5.41, 5.74) is 4.92. The average Bonchev–Trinajstić information content (AvgIpc) is 2.84. The van der Waals surface area contributed by atoms with Crippen LogP contribution in [0.15, 0.2) is 66.4 Å². The fourth-order valence-corrected chi connectivity index (χ4v) is 2.76. The van der Waals surface area contributed by atoms with Crippen molar-refractivity contribution >= 4 is 22.6 Å². The number of hydrogen-bond acceptors (Lipinski definition) is 2. The second-order valence-corrected chi connectivity index (χ2v) is 5.52. The van der Waals surface area contributed by atoms with Crippen LogP contribution in [0.1, 0.15) is 6.92 Å². The van der Waals surface area contributed by atoms with Crippen LogP contribution in [0, 0.1) is 0 Å². The number of nitrogens with zero attached hydrogens (tertiary/aromatic N) is 1. The van der Waals surface area contributed by atoms with Gasteiger partial charge in [-0.25, -0.2) is 4.79 Å². The van der Waals surface area contributed by atoms with Crippen molar-refractivity contribution in [2.45, 2.75) is 6.92 Å². The minimum absolute atomic E-state index is 0.594. The standard InChI is InChI=1S/C19H18N2O2/c1-13(10-19(22)23)20-16-8-9-17-15(11-16)12-18(21(17)2)14-6-4-3-5-7-14/h3-12,20H,1-2H3,(H,22,23)/b13-10+. The highest BCUT2D eigenvalue weighted by atomic mass is 16.4. The molecule has 0 bridgehead atoms. The number of rotatable bonds is 4. The first-order valence-electron chi connectivity index (χ1n) is 7.38. The molecule has 0 amide bonds. The molecule has 3 aromatic rings. The first-order valence-corrected chi connectivity index (χ1v) is 7.38. The highest BCUT2D eigenvalue weighted by Gasteiger charge is 2.08. The lowest BCUT2D eigenvalue weighted by atomic mass is 10.1. The van der Waals surface area contributed by atoms with Gasteiger partial charge in [0.05, 0.1) is 0 Å². The fourth-order valence-electron chi connectivity index (χ4n) is 2.76. The van der Waals surface area contributed by atoms with Gasteiger partial charge in [0.25, 0.3) is 0 Å². The summed E-state index contributed by atoms with van der Waals surface area (Å²) in [6.07, 6.45) is 1.16. The molecule has 0 unspecified atom stereocenters. The second-order valence-electron chi connectivity index (χ2n) is 5.52. The maximum Gasteiger partial charge on any atom is 0.330 e. The number of benzene rings is 2. The zero-order chi connectivity index (χ0) is 16.4. The number of fused-ring (bicyclic) bond motifs is 1. The van der Waals surface area contributed by atoms with Crippen LogP contribution in [0.2, 0.25) is 0 Å². The average molecular weight is 306 g/mol. The molecular formula is C19H18N2O2. The van der Waals surface area contributed by atoms with Gasteiger partial charge in [-0.1, -0.05) is 30.3 Å². The van der Waals surface area contributed by atoms with Crippen LogP contribution in [-0.4, -0.2) is 15.6 Å². The first-order chi connectivity index (χ1) is 11.0. The number of aliphatic carboxylic acids is 1. The van der Waals surface area contributed by atoms with Crippen LogP contribution >= 0.6 is 0 Å². The van der Waals surface area contributed by atoms with Gasteiger partial charge in [0, 0.05) is 41.1 Å². The predicted octanol–water partition coefficient (Wildman–Crippen LogP) is 4.25. The third-order valence-corrected chi connectivity index (χ3v) is 3.79. The summed E-state index contributed by atoms with van der Waals surface area (Å²) in [6, 6.07) is 18.4. The summed E-state index contributed by atoms with van der Waals surface area (Å²) in [6.45, 7) is 1.73. The number of allylic oxidation sites excluding steroid dienone is 1. The minimum Gasteiger partial charge on any atom is -0.478 e. The summed E-state index contributed by atoms with van der Waals surface area (Å²) in [5.74, 6) is -0.956. The van der Waals surface area contributed by atoms with Crippen molar-refractivity contribution in [2.24, 2.45) is 7.05 Å². The maximum atomic E-state index is 10.7. The lowest BCUT2D eigenvalue weighted by molar-refractivity contribution is -0.131. The monoisotopic (exact) mass is 306 g/mol. The third-order valence-electron chi connectivity index (χ3n) is 3.79. The molecule has 1 aromatic heterocycles. The second kappa shape index (κ2) is 6.01. The molecule has 0 aliphatic heterocycles. The Morgan fingerprint density at radius 1 is 1.13 bits per heavy atom. The van der Waals surface area contributed by atoms with E-state index in [1.54, 1.807) is 6.92 Å². The van der Waals surface area contributed by atoms with Crippen molar-refractivity contribution in [1.82, 2.24) is 4.57 Å². The molecule has 23 heavy (non-hydrogen) atoms. The zero-order valence-electron chi connectivity index (χ0n) is 13.1. The van der Waals surface area contributed by atoms with Crippen molar-refractivity contribution in [1.29, 1.82) is 0 Å². The van der Waals surface area contributed by atoms with Gasteiger partial charge in [0.15, 0.2) is 0 Å². The van der Waals surface area contributed by atoms with E-state index in [0.29, 0.717) is 5.70 Å². The molecule has 1 heterocycles. The van der Waals surface area contributed by atoms with Gasteiger partial charge in [-0.15, -0.1) is 0 Å². The quantitative estimate of drug-likeness (QED) is 0.709. The number of anilines is 1. The number of aryl methyl sites for hydroxylation is 1. The van der Waals surface area contributed by atoms with Crippen molar-refractivity contribution in [3.05, 3.63) is 66.4 Å². The predicted molar refractivity (Wildman–Crippen MR) is 93.4 cm³/mol. The normalized spacial score (nSPS) is 11.7. The van der Waals surface area contributed by atoms with E-state index in [1.807, 2.05) is 43.4 Å². The topological polar surface area (TPSA) is 54.3 Å². The van der Waals surface area contributed by atoms with Crippen LogP contribution in [0.3, 0.4) is 0 Å². The number of nitrogens with one attached hydrogen (secondary N) is 1. The Hall–Kier alpha value is -3.01. The molecule has 0 atom stereocenters. The Bertz CT molecular complexity index is 892. The molecular weight excluding hydrogens is 288 g/mol. The van der Waals surface area contributed by atoms with Gasteiger partial charge in [0.1, 0.15) is 0 Å². The number of carbonyl (C=O) groups is 1. The largest absolute Gasteiger partial charge is 0.478 e. The number of carboxylic acids is 1. The van der Waals surface area contributed by atoms with Gasteiger partial charge in [0.2, 0.25) is 0 Å². The van der Waals surface area contributed by atoms with E-state index in [1.165, 1.54) is 5.56 Å². The molecule has 0 saturated heterocycles. The van der Waals surface area contributed by atoms with E-state index in [9.17, 15) is 4.79 Å². The van der Waals surface area contributed by atoms with E-state index in [0.717, 1.165) is 28.4 Å². The Balaban J connectivity index is 2.00. The highest BCUT2D eigenvalue weighted by molar-refractivity contribution is 5.90. The molecule has 0 aliphatic rings. The zero-order valence-corrected chi connectivity index (χ0v) is 13.1. The van der Waals surface area contributed by atoms with Gasteiger partial charge >= 0.3 is 5.97 Å². The maximum absolute atomic E-state index is 10.7. The molecule has 0 aliphatic carbocycles. The SMILES string of the molecule is C/C(=C\C(=O)O)Nc1ccc2c(c1)cc(-c1ccccc1)n2C. The van der Waals surface area contributed by atoms with Crippen molar-refractivity contribution in [3.63, 3.8) is 0 Å². The minimum atomic E-state index is -0.956. The summed E-state index contributed by atoms with van der Waals surface area (Å²) >= 11 is 0. The molecule has 0 fully saturated rings. The van der Waals surface area contributed by atoms with Crippen molar-refractivity contribution in [3.8, 4) is 11.3 Å². The fraction of sp³-hybridized carbons (Fsp3) is 0.105.